The van der Waals surface area contributed by atoms with Gasteiger partial charge < -0.3 is 10.0 Å². The summed E-state index contributed by atoms with van der Waals surface area (Å²) in [6.07, 6.45) is 4.65. The molecule has 1 amide bonds. The number of nitrogens with zero attached hydrogens (tertiary/aromatic N) is 2. The largest absolute Gasteiger partial charge is 0.480 e. The van der Waals surface area contributed by atoms with Crippen molar-refractivity contribution in [3.05, 3.63) is 0 Å². The third-order valence-electron chi connectivity index (χ3n) is 4.96. The van der Waals surface area contributed by atoms with Crippen molar-refractivity contribution < 1.29 is 14.7 Å². The normalized spacial score (nSPS) is 29.4. The highest BCUT2D eigenvalue weighted by molar-refractivity contribution is 5.82. The summed E-state index contributed by atoms with van der Waals surface area (Å²) in [4.78, 5) is 27.7. The average Bonchev–Trinajstić information content (AvgIpc) is 2.42. The molecule has 5 nitrogen and oxygen atoms in total. The Hall–Kier alpha value is -1.10. The Labute approximate surface area is 120 Å². The van der Waals surface area contributed by atoms with E-state index in [0.717, 1.165) is 38.8 Å². The molecule has 2 aliphatic heterocycles. The molecule has 0 aromatic heterocycles. The first kappa shape index (κ1) is 15.3. The molecule has 0 radical (unpaired) electrons. The van der Waals surface area contributed by atoms with Gasteiger partial charge in [-0.25, -0.2) is 0 Å². The van der Waals surface area contributed by atoms with Crippen molar-refractivity contribution >= 4 is 11.9 Å². The monoisotopic (exact) mass is 282 g/mol. The van der Waals surface area contributed by atoms with Gasteiger partial charge in [0, 0.05) is 13.1 Å². The summed E-state index contributed by atoms with van der Waals surface area (Å²) in [7, 11) is 0. The summed E-state index contributed by atoms with van der Waals surface area (Å²) in [5.74, 6) is -0.0261. The molecule has 20 heavy (non-hydrogen) atoms. The van der Waals surface area contributed by atoms with Crippen molar-refractivity contribution in [3.8, 4) is 0 Å². The Morgan fingerprint density at radius 1 is 1.20 bits per heavy atom. The molecule has 2 heterocycles. The molecular formula is C15H26N2O3. The summed E-state index contributed by atoms with van der Waals surface area (Å²) in [5.41, 5.74) is -0.878. The molecule has 1 N–H and O–H groups in total. The average molecular weight is 282 g/mol. The maximum absolute atomic E-state index is 12.4. The molecule has 114 valence electrons. The molecule has 2 fully saturated rings. The van der Waals surface area contributed by atoms with E-state index in [1.807, 2.05) is 9.80 Å². The van der Waals surface area contributed by atoms with Gasteiger partial charge in [0.15, 0.2) is 0 Å². The van der Waals surface area contributed by atoms with Crippen LogP contribution in [0.2, 0.25) is 0 Å². The number of likely N-dealkylation sites (tertiary alicyclic amines) is 2. The van der Waals surface area contributed by atoms with Gasteiger partial charge in [0.25, 0.3) is 0 Å². The predicted octanol–water partition coefficient (Wildman–Crippen LogP) is 1.57. The van der Waals surface area contributed by atoms with E-state index < -0.39 is 11.5 Å². The molecule has 1 atom stereocenters. The van der Waals surface area contributed by atoms with Crippen molar-refractivity contribution in [2.24, 2.45) is 5.92 Å². The van der Waals surface area contributed by atoms with Gasteiger partial charge in [-0.3, -0.25) is 14.5 Å². The first-order valence-electron chi connectivity index (χ1n) is 7.69. The van der Waals surface area contributed by atoms with E-state index in [-0.39, 0.29) is 12.5 Å². The fourth-order valence-electron chi connectivity index (χ4n) is 3.19. The quantitative estimate of drug-likeness (QED) is 0.853. The van der Waals surface area contributed by atoms with Gasteiger partial charge in [-0.05, 0) is 51.5 Å². The van der Waals surface area contributed by atoms with Gasteiger partial charge in [-0.2, -0.15) is 0 Å². The van der Waals surface area contributed by atoms with E-state index in [4.69, 9.17) is 0 Å². The van der Waals surface area contributed by atoms with Gasteiger partial charge in [-0.1, -0.05) is 6.92 Å². The lowest BCUT2D eigenvalue weighted by Crippen LogP contribution is -2.58. The standard InChI is InChI=1S/C15H26N2O3/c1-12-5-9-16(10-6-12)13(18)11-17-8-4-3-7-15(17,2)14(19)20/h12H,3-11H2,1-2H3,(H,19,20). The minimum Gasteiger partial charge on any atom is -0.480 e. The van der Waals surface area contributed by atoms with Crippen LogP contribution in [0, 0.1) is 5.92 Å². The third kappa shape index (κ3) is 3.14. The summed E-state index contributed by atoms with van der Waals surface area (Å²) < 4.78 is 0. The molecule has 0 saturated carbocycles. The smallest absolute Gasteiger partial charge is 0.323 e. The van der Waals surface area contributed by atoms with E-state index in [2.05, 4.69) is 6.92 Å². The van der Waals surface area contributed by atoms with Crippen molar-refractivity contribution in [1.29, 1.82) is 0 Å². The van der Waals surface area contributed by atoms with Crippen LogP contribution >= 0.6 is 0 Å². The zero-order chi connectivity index (χ0) is 14.8. The highest BCUT2D eigenvalue weighted by atomic mass is 16.4. The van der Waals surface area contributed by atoms with E-state index in [1.165, 1.54) is 0 Å². The molecule has 2 aliphatic rings. The van der Waals surface area contributed by atoms with Gasteiger partial charge in [0.1, 0.15) is 5.54 Å². The molecule has 2 saturated heterocycles. The van der Waals surface area contributed by atoms with Gasteiger partial charge in [0.2, 0.25) is 5.91 Å². The van der Waals surface area contributed by atoms with Crippen LogP contribution in [0.4, 0.5) is 0 Å². The lowest BCUT2D eigenvalue weighted by molar-refractivity contribution is -0.155. The van der Waals surface area contributed by atoms with Crippen molar-refractivity contribution in [1.82, 2.24) is 9.80 Å². The highest BCUT2D eigenvalue weighted by Crippen LogP contribution is 2.28. The van der Waals surface area contributed by atoms with Crippen molar-refractivity contribution in [2.75, 3.05) is 26.2 Å². The van der Waals surface area contributed by atoms with E-state index >= 15 is 0 Å². The molecule has 0 spiro atoms. The van der Waals surface area contributed by atoms with Gasteiger partial charge >= 0.3 is 5.97 Å². The number of aliphatic carboxylic acids is 1. The Bertz CT molecular complexity index is 377. The van der Waals surface area contributed by atoms with Crippen LogP contribution in [0.1, 0.15) is 46.0 Å². The summed E-state index contributed by atoms with van der Waals surface area (Å²) in [6, 6.07) is 0. The predicted molar refractivity (Wildman–Crippen MR) is 76.4 cm³/mol. The van der Waals surface area contributed by atoms with Gasteiger partial charge in [-0.15, -0.1) is 0 Å². The number of carboxylic acids is 1. The molecule has 2 rings (SSSR count). The first-order chi connectivity index (χ1) is 9.43. The fourth-order valence-corrected chi connectivity index (χ4v) is 3.19. The number of hydrogen-bond acceptors (Lipinski definition) is 3. The number of carboxylic acid groups (broad SMARTS) is 1. The third-order valence-corrected chi connectivity index (χ3v) is 4.96. The van der Waals surface area contributed by atoms with E-state index in [0.29, 0.717) is 18.9 Å². The minimum absolute atomic E-state index is 0.0891. The summed E-state index contributed by atoms with van der Waals surface area (Å²) in [5, 5.41) is 9.46. The van der Waals surface area contributed by atoms with E-state index in [1.54, 1.807) is 6.92 Å². The second kappa shape index (κ2) is 6.12. The minimum atomic E-state index is -0.878. The lowest BCUT2D eigenvalue weighted by atomic mass is 9.88. The van der Waals surface area contributed by atoms with Crippen LogP contribution in [0.15, 0.2) is 0 Å². The maximum atomic E-state index is 12.4. The number of piperidine rings is 2. The zero-order valence-corrected chi connectivity index (χ0v) is 12.6. The fraction of sp³-hybridized carbons (Fsp3) is 0.867. The number of amides is 1. The molecular weight excluding hydrogens is 256 g/mol. The maximum Gasteiger partial charge on any atom is 0.323 e. The molecule has 0 aromatic rings. The van der Waals surface area contributed by atoms with Crippen LogP contribution in [0.5, 0.6) is 0 Å². The SMILES string of the molecule is CC1CCN(C(=O)CN2CCCCC2(C)C(=O)O)CC1. The number of hydrogen-bond donors (Lipinski definition) is 1. The van der Waals surface area contributed by atoms with Crippen molar-refractivity contribution in [3.63, 3.8) is 0 Å². The summed E-state index contributed by atoms with van der Waals surface area (Å²) >= 11 is 0. The van der Waals surface area contributed by atoms with Gasteiger partial charge in [0.05, 0.1) is 6.54 Å². The molecule has 0 bridgehead atoms. The van der Waals surface area contributed by atoms with Crippen LogP contribution in [-0.4, -0.2) is 58.5 Å². The first-order valence-corrected chi connectivity index (χ1v) is 7.69. The Balaban J connectivity index is 1.97. The Morgan fingerprint density at radius 2 is 1.85 bits per heavy atom. The van der Waals surface area contributed by atoms with Crippen LogP contribution in [-0.2, 0) is 9.59 Å². The molecule has 0 aromatic carbocycles. The number of carbonyl (C=O) groups is 2. The lowest BCUT2D eigenvalue weighted by Gasteiger charge is -2.42. The molecule has 0 aliphatic carbocycles. The second-order valence-corrected chi connectivity index (χ2v) is 6.52. The topological polar surface area (TPSA) is 60.9 Å². The van der Waals surface area contributed by atoms with Crippen molar-refractivity contribution in [2.45, 2.75) is 51.5 Å². The molecule has 1 unspecified atom stereocenters. The Kier molecular flexibility index (Phi) is 4.68. The van der Waals surface area contributed by atoms with Crippen LogP contribution in [0.3, 0.4) is 0 Å². The second-order valence-electron chi connectivity index (χ2n) is 6.52. The zero-order valence-electron chi connectivity index (χ0n) is 12.6. The highest BCUT2D eigenvalue weighted by Gasteiger charge is 2.42. The number of carbonyl (C=O) groups excluding carboxylic acids is 1. The number of rotatable bonds is 3. The Morgan fingerprint density at radius 3 is 2.45 bits per heavy atom. The summed E-state index contributed by atoms with van der Waals surface area (Å²) in [6.45, 7) is 6.55. The van der Waals surface area contributed by atoms with E-state index in [9.17, 15) is 14.7 Å². The molecule has 5 heteroatoms. The van der Waals surface area contributed by atoms with Crippen LogP contribution in [0.25, 0.3) is 0 Å². The van der Waals surface area contributed by atoms with Crippen LogP contribution < -0.4 is 0 Å².